The Hall–Kier alpha value is -2.09. The van der Waals surface area contributed by atoms with Crippen LogP contribution < -0.4 is 0 Å². The van der Waals surface area contributed by atoms with Crippen molar-refractivity contribution in [2.75, 3.05) is 26.4 Å². The normalized spacial score (nSPS) is 12.2. The molecule has 0 saturated carbocycles. The second-order valence-corrected chi connectivity index (χ2v) is 9.34. The van der Waals surface area contributed by atoms with Crippen LogP contribution in [0.25, 0.3) is 0 Å². The number of carboxylic acids is 2. The fraction of sp³-hybridized carbons (Fsp3) is 0.821. The Morgan fingerprint density at radius 1 is 0.650 bits per heavy atom. The second kappa shape index (κ2) is 33.1. The van der Waals surface area contributed by atoms with E-state index in [0.717, 1.165) is 57.8 Å². The largest absolute Gasteiger partial charge is 0.481 e. The predicted octanol–water partition coefficient (Wildman–Crippen LogP) is 2.16. The number of ether oxygens (including phenoxy) is 1. The van der Waals surface area contributed by atoms with Crippen molar-refractivity contribution in [3.63, 3.8) is 0 Å². The fourth-order valence-electron chi connectivity index (χ4n) is 2.94. The van der Waals surface area contributed by atoms with E-state index < -0.39 is 24.1 Å². The van der Waals surface area contributed by atoms with Gasteiger partial charge in [-0.2, -0.15) is 0 Å². The monoisotopic (exact) mass is 582 g/mol. The molecule has 238 valence electrons. The van der Waals surface area contributed by atoms with E-state index in [-0.39, 0.29) is 51.3 Å². The molecule has 0 aromatic heterocycles. The third-order valence-electron chi connectivity index (χ3n) is 5.34. The van der Waals surface area contributed by atoms with Gasteiger partial charge in [0.15, 0.2) is 0 Å². The van der Waals surface area contributed by atoms with Crippen LogP contribution in [-0.2, 0) is 19.1 Å². The Morgan fingerprint density at radius 3 is 1.68 bits per heavy atom. The lowest BCUT2D eigenvalue weighted by Gasteiger charge is -2.08. The van der Waals surface area contributed by atoms with Crippen molar-refractivity contribution >= 4 is 17.9 Å². The summed E-state index contributed by atoms with van der Waals surface area (Å²) in [7, 11) is 0. The number of carbonyl (C=O) groups excluding carboxylic acids is 1. The van der Waals surface area contributed by atoms with Crippen molar-refractivity contribution in [2.45, 2.75) is 122 Å². The summed E-state index contributed by atoms with van der Waals surface area (Å²) in [6, 6.07) is 0. The first kappa shape index (κ1) is 42.4. The summed E-state index contributed by atoms with van der Waals surface area (Å²) in [5.41, 5.74) is 0. The first-order valence-electron chi connectivity index (χ1n) is 14.1. The smallest absolute Gasteiger partial charge is 0.305 e. The van der Waals surface area contributed by atoms with Gasteiger partial charge in [0.05, 0.1) is 38.8 Å². The molecule has 0 bridgehead atoms. The van der Waals surface area contributed by atoms with E-state index in [9.17, 15) is 19.5 Å². The number of hydrogen-bond acceptors (Lipinski definition) is 10. The lowest BCUT2D eigenvalue weighted by atomic mass is 10.1. The fourth-order valence-corrected chi connectivity index (χ4v) is 2.94. The standard InChI is InChI=1S/C21H40O5.C4H6O4.C3H8O3/c1-2-3-4-11-14-19(23)15-12-9-7-5-6-8-10-13-16-21(25)26-18-20(24)17-22;5-3(6)1-2-4(7)8;4-1-3(6)2-5/h9,12,19-20,22-24H,2-8,10-11,13-18H2,1H3;1-2H2,(H,5,6)(H,7,8);3-6H,1-2H2/b12-9-;;/t19-,20?;;/m1../s1. The molecule has 0 amide bonds. The number of allylic oxidation sites excluding steroid dienone is 1. The molecule has 0 aliphatic rings. The van der Waals surface area contributed by atoms with Crippen molar-refractivity contribution in [2.24, 2.45) is 0 Å². The van der Waals surface area contributed by atoms with Gasteiger partial charge in [-0.25, -0.2) is 0 Å². The van der Waals surface area contributed by atoms with Gasteiger partial charge in [0.1, 0.15) is 18.8 Å². The highest BCUT2D eigenvalue weighted by Gasteiger charge is 2.07. The Balaban J connectivity index is -0.000000796. The summed E-state index contributed by atoms with van der Waals surface area (Å²) >= 11 is 0. The number of aliphatic hydroxyl groups is 6. The number of hydrogen-bond donors (Lipinski definition) is 8. The zero-order valence-corrected chi connectivity index (χ0v) is 24.0. The van der Waals surface area contributed by atoms with E-state index in [4.69, 9.17) is 40.5 Å². The molecule has 0 spiro atoms. The molecule has 0 saturated heterocycles. The van der Waals surface area contributed by atoms with Gasteiger partial charge in [-0.3, -0.25) is 14.4 Å². The average Bonchev–Trinajstić information content (AvgIpc) is 2.94. The molecule has 2 atom stereocenters. The molecule has 0 aliphatic heterocycles. The van der Waals surface area contributed by atoms with Crippen LogP contribution in [0.1, 0.15) is 103 Å². The van der Waals surface area contributed by atoms with Crippen LogP contribution in [0.5, 0.6) is 0 Å². The maximum absolute atomic E-state index is 11.4. The molecule has 8 N–H and O–H groups in total. The molecule has 0 fully saturated rings. The predicted molar refractivity (Wildman–Crippen MR) is 150 cm³/mol. The van der Waals surface area contributed by atoms with Crippen LogP contribution in [0, 0.1) is 0 Å². The molecule has 40 heavy (non-hydrogen) atoms. The Labute approximate surface area is 238 Å². The number of aliphatic hydroxyl groups excluding tert-OH is 6. The highest BCUT2D eigenvalue weighted by atomic mass is 16.5. The van der Waals surface area contributed by atoms with E-state index in [0.29, 0.717) is 6.42 Å². The molecule has 1 unspecified atom stereocenters. The van der Waals surface area contributed by atoms with Gasteiger partial charge < -0.3 is 45.6 Å². The Bertz CT molecular complexity index is 594. The topological polar surface area (TPSA) is 222 Å². The van der Waals surface area contributed by atoms with Crippen molar-refractivity contribution < 1.29 is 60.0 Å². The summed E-state index contributed by atoms with van der Waals surface area (Å²) in [4.78, 5) is 30.7. The average molecular weight is 583 g/mol. The highest BCUT2D eigenvalue weighted by molar-refractivity contribution is 5.75. The quantitative estimate of drug-likeness (QED) is 0.0493. The van der Waals surface area contributed by atoms with Crippen molar-refractivity contribution in [1.82, 2.24) is 0 Å². The lowest BCUT2D eigenvalue weighted by molar-refractivity contribution is -0.147. The zero-order valence-electron chi connectivity index (χ0n) is 24.0. The molecule has 0 heterocycles. The highest BCUT2D eigenvalue weighted by Crippen LogP contribution is 2.10. The van der Waals surface area contributed by atoms with Gasteiger partial charge in [-0.05, 0) is 32.1 Å². The maximum Gasteiger partial charge on any atom is 0.305 e. The summed E-state index contributed by atoms with van der Waals surface area (Å²) in [6.45, 7) is 0.946. The maximum atomic E-state index is 11.4. The third-order valence-corrected chi connectivity index (χ3v) is 5.34. The zero-order chi connectivity index (χ0) is 31.0. The number of rotatable bonds is 23. The lowest BCUT2D eigenvalue weighted by Crippen LogP contribution is -2.21. The number of carbonyl (C=O) groups is 3. The summed E-state index contributed by atoms with van der Waals surface area (Å²) in [6.07, 6.45) is 14.6. The van der Waals surface area contributed by atoms with Crippen LogP contribution in [0.15, 0.2) is 12.2 Å². The van der Waals surface area contributed by atoms with E-state index in [2.05, 4.69) is 19.1 Å². The Kier molecular flexibility index (Phi) is 35.1. The van der Waals surface area contributed by atoms with Crippen molar-refractivity contribution in [3.8, 4) is 0 Å². The van der Waals surface area contributed by atoms with Crippen LogP contribution >= 0.6 is 0 Å². The molecule has 0 aromatic carbocycles. The molecule has 0 rings (SSSR count). The number of unbranched alkanes of at least 4 members (excludes halogenated alkanes) is 8. The number of aliphatic carboxylic acids is 2. The van der Waals surface area contributed by atoms with Gasteiger partial charge in [-0.1, -0.05) is 64.0 Å². The van der Waals surface area contributed by atoms with Gasteiger partial charge in [0.25, 0.3) is 0 Å². The third kappa shape index (κ3) is 40.4. The van der Waals surface area contributed by atoms with Crippen LogP contribution in [-0.4, -0.2) is 103 Å². The molecule has 0 aromatic rings. The minimum atomic E-state index is -1.08. The van der Waals surface area contributed by atoms with Crippen LogP contribution in [0.2, 0.25) is 0 Å². The first-order valence-corrected chi connectivity index (χ1v) is 14.1. The van der Waals surface area contributed by atoms with E-state index >= 15 is 0 Å². The SMILES string of the molecule is CCCCCC[C@@H](O)C/C=C\CCCCCCCC(=O)OCC(O)CO.O=C(O)CCC(=O)O.OCC(O)CO. The number of esters is 1. The molecule has 12 nitrogen and oxygen atoms in total. The minimum absolute atomic E-state index is 0.130. The van der Waals surface area contributed by atoms with Crippen molar-refractivity contribution in [3.05, 3.63) is 12.2 Å². The first-order chi connectivity index (χ1) is 19.0. The van der Waals surface area contributed by atoms with E-state index in [1.165, 1.54) is 19.3 Å². The molecule has 12 heteroatoms. The molecule has 0 radical (unpaired) electrons. The van der Waals surface area contributed by atoms with Gasteiger partial charge in [0, 0.05) is 6.42 Å². The molecule has 0 aliphatic carbocycles. The van der Waals surface area contributed by atoms with Gasteiger partial charge in [-0.15, -0.1) is 0 Å². The van der Waals surface area contributed by atoms with E-state index in [1.54, 1.807) is 0 Å². The number of carboxylic acid groups (broad SMARTS) is 2. The van der Waals surface area contributed by atoms with Crippen molar-refractivity contribution in [1.29, 1.82) is 0 Å². The van der Waals surface area contributed by atoms with Crippen LogP contribution in [0.3, 0.4) is 0 Å². The van der Waals surface area contributed by atoms with Crippen LogP contribution in [0.4, 0.5) is 0 Å². The Morgan fingerprint density at radius 2 is 1.18 bits per heavy atom. The molecular weight excluding hydrogens is 528 g/mol. The summed E-state index contributed by atoms with van der Waals surface area (Å²) in [5.74, 6) is -2.46. The molecular formula is C28H54O12. The summed E-state index contributed by atoms with van der Waals surface area (Å²) < 4.78 is 4.84. The minimum Gasteiger partial charge on any atom is -0.481 e. The van der Waals surface area contributed by atoms with E-state index in [1.807, 2.05) is 0 Å². The summed E-state index contributed by atoms with van der Waals surface area (Å²) in [5, 5.41) is 67.4. The van der Waals surface area contributed by atoms with Gasteiger partial charge >= 0.3 is 17.9 Å². The van der Waals surface area contributed by atoms with Gasteiger partial charge in [0.2, 0.25) is 0 Å². The second-order valence-electron chi connectivity index (χ2n) is 9.34.